The van der Waals surface area contributed by atoms with Crippen LogP contribution in [0, 0.1) is 15.9 Å². The summed E-state index contributed by atoms with van der Waals surface area (Å²) in [7, 11) is 1.38. The van der Waals surface area contributed by atoms with Crippen LogP contribution < -0.4 is 9.47 Å². The molecule has 0 saturated carbocycles. The SMILES string of the molecule is COc1ccc(Oc2ccc(CO)cc2F)c([N+](=O)[O-])c1. The number of halogens is 1. The topological polar surface area (TPSA) is 81.8 Å². The number of aliphatic hydroxyl groups is 1. The van der Waals surface area contributed by atoms with Crippen LogP contribution in [0.15, 0.2) is 36.4 Å². The summed E-state index contributed by atoms with van der Waals surface area (Å²) in [4.78, 5) is 10.4. The Morgan fingerprint density at radius 1 is 1.24 bits per heavy atom. The maximum Gasteiger partial charge on any atom is 0.315 e. The third kappa shape index (κ3) is 3.26. The van der Waals surface area contributed by atoms with E-state index in [2.05, 4.69) is 0 Å². The van der Waals surface area contributed by atoms with E-state index in [1.807, 2.05) is 0 Å². The van der Waals surface area contributed by atoms with E-state index in [1.165, 1.54) is 37.4 Å². The minimum Gasteiger partial charge on any atom is -0.496 e. The average Bonchev–Trinajstić information content (AvgIpc) is 2.49. The molecule has 0 aliphatic rings. The molecule has 7 heteroatoms. The fraction of sp³-hybridized carbons (Fsp3) is 0.143. The number of hydrogen-bond acceptors (Lipinski definition) is 5. The highest BCUT2D eigenvalue weighted by molar-refractivity contribution is 5.52. The van der Waals surface area contributed by atoms with Crippen molar-refractivity contribution in [3.8, 4) is 17.2 Å². The van der Waals surface area contributed by atoms with Gasteiger partial charge in [0.1, 0.15) is 5.75 Å². The lowest BCUT2D eigenvalue weighted by molar-refractivity contribution is -0.385. The van der Waals surface area contributed by atoms with Crippen molar-refractivity contribution in [2.75, 3.05) is 7.11 Å². The third-order valence-corrected chi connectivity index (χ3v) is 2.76. The molecule has 0 spiro atoms. The minimum atomic E-state index is -0.716. The Morgan fingerprint density at radius 2 is 1.95 bits per heavy atom. The molecule has 0 radical (unpaired) electrons. The Labute approximate surface area is 119 Å². The van der Waals surface area contributed by atoms with Crippen LogP contribution in [-0.2, 0) is 6.61 Å². The third-order valence-electron chi connectivity index (χ3n) is 2.76. The fourth-order valence-electron chi connectivity index (χ4n) is 1.70. The Kier molecular flexibility index (Phi) is 4.34. The summed E-state index contributed by atoms with van der Waals surface area (Å²) in [5.74, 6) is -0.686. The summed E-state index contributed by atoms with van der Waals surface area (Å²) in [6.07, 6.45) is 0. The van der Waals surface area contributed by atoms with Crippen molar-refractivity contribution in [2.24, 2.45) is 0 Å². The number of rotatable bonds is 5. The van der Waals surface area contributed by atoms with Gasteiger partial charge in [0.25, 0.3) is 0 Å². The van der Waals surface area contributed by atoms with Gasteiger partial charge < -0.3 is 14.6 Å². The van der Waals surface area contributed by atoms with Gasteiger partial charge in [-0.3, -0.25) is 10.1 Å². The molecule has 2 aromatic carbocycles. The standard InChI is InChI=1S/C14H12FNO5/c1-20-10-3-5-14(12(7-10)16(18)19)21-13-4-2-9(8-17)6-11(13)15/h2-7,17H,8H2,1H3. The van der Waals surface area contributed by atoms with E-state index < -0.39 is 10.7 Å². The highest BCUT2D eigenvalue weighted by atomic mass is 19.1. The molecule has 0 aliphatic carbocycles. The van der Waals surface area contributed by atoms with Crippen molar-refractivity contribution in [1.82, 2.24) is 0 Å². The van der Waals surface area contributed by atoms with E-state index in [-0.39, 0.29) is 23.8 Å². The second kappa shape index (κ2) is 6.19. The van der Waals surface area contributed by atoms with Gasteiger partial charge in [0.15, 0.2) is 11.6 Å². The molecule has 0 bridgehead atoms. The molecule has 0 amide bonds. The van der Waals surface area contributed by atoms with E-state index in [0.29, 0.717) is 11.3 Å². The van der Waals surface area contributed by atoms with Gasteiger partial charge in [0.05, 0.1) is 24.7 Å². The Morgan fingerprint density at radius 3 is 2.52 bits per heavy atom. The van der Waals surface area contributed by atoms with E-state index in [9.17, 15) is 14.5 Å². The average molecular weight is 293 g/mol. The lowest BCUT2D eigenvalue weighted by Crippen LogP contribution is -1.96. The zero-order valence-corrected chi connectivity index (χ0v) is 11.1. The van der Waals surface area contributed by atoms with Crippen LogP contribution in [0.3, 0.4) is 0 Å². The van der Waals surface area contributed by atoms with Crippen molar-refractivity contribution in [1.29, 1.82) is 0 Å². The minimum absolute atomic E-state index is 0.101. The van der Waals surface area contributed by atoms with Crippen molar-refractivity contribution < 1.29 is 23.9 Å². The van der Waals surface area contributed by atoms with Gasteiger partial charge in [-0.05, 0) is 29.8 Å². The Bertz CT molecular complexity index is 674. The summed E-state index contributed by atoms with van der Waals surface area (Å²) in [6.45, 7) is -0.306. The molecule has 21 heavy (non-hydrogen) atoms. The predicted octanol–water partition coefficient (Wildman–Crippen LogP) is 3.03. The summed E-state index contributed by atoms with van der Waals surface area (Å²) in [5, 5.41) is 19.9. The van der Waals surface area contributed by atoms with Gasteiger partial charge >= 0.3 is 5.69 Å². The van der Waals surface area contributed by atoms with Crippen LogP contribution in [0.2, 0.25) is 0 Å². The Hall–Kier alpha value is -2.67. The largest absolute Gasteiger partial charge is 0.496 e. The first-order chi connectivity index (χ1) is 10.0. The first-order valence-electron chi connectivity index (χ1n) is 5.94. The lowest BCUT2D eigenvalue weighted by Gasteiger charge is -2.09. The van der Waals surface area contributed by atoms with Gasteiger partial charge in [0, 0.05) is 0 Å². The highest BCUT2D eigenvalue weighted by Crippen LogP contribution is 2.35. The van der Waals surface area contributed by atoms with E-state index in [4.69, 9.17) is 14.6 Å². The number of ether oxygens (including phenoxy) is 2. The molecule has 0 fully saturated rings. The van der Waals surface area contributed by atoms with Crippen molar-refractivity contribution in [3.05, 3.63) is 57.9 Å². The molecule has 6 nitrogen and oxygen atoms in total. The monoisotopic (exact) mass is 293 g/mol. The maximum atomic E-state index is 13.8. The van der Waals surface area contributed by atoms with E-state index >= 15 is 0 Å². The maximum absolute atomic E-state index is 13.8. The van der Waals surface area contributed by atoms with Crippen LogP contribution in [0.4, 0.5) is 10.1 Å². The van der Waals surface area contributed by atoms with Crippen LogP contribution in [0.25, 0.3) is 0 Å². The van der Waals surface area contributed by atoms with Crippen LogP contribution in [0.5, 0.6) is 17.2 Å². The molecule has 0 aliphatic heterocycles. The van der Waals surface area contributed by atoms with Crippen molar-refractivity contribution >= 4 is 5.69 Å². The predicted molar refractivity (Wildman–Crippen MR) is 72.0 cm³/mol. The van der Waals surface area contributed by atoms with Gasteiger partial charge in [-0.1, -0.05) is 6.07 Å². The summed E-state index contributed by atoms with van der Waals surface area (Å²) in [5.41, 5.74) is 0.0454. The molecule has 110 valence electrons. The molecule has 0 atom stereocenters. The Balaban J connectivity index is 2.37. The molecule has 2 aromatic rings. The van der Waals surface area contributed by atoms with Gasteiger partial charge in [-0.2, -0.15) is 0 Å². The summed E-state index contributed by atoms with van der Waals surface area (Å²) in [6, 6.07) is 7.86. The zero-order chi connectivity index (χ0) is 15.4. The van der Waals surface area contributed by atoms with Gasteiger partial charge in [0.2, 0.25) is 5.75 Å². The second-order valence-electron chi connectivity index (χ2n) is 4.12. The van der Waals surface area contributed by atoms with Crippen LogP contribution in [0.1, 0.15) is 5.56 Å². The number of hydrogen-bond donors (Lipinski definition) is 1. The summed E-state index contributed by atoms with van der Waals surface area (Å²) < 4.78 is 23.9. The zero-order valence-electron chi connectivity index (χ0n) is 11.1. The number of nitro benzene ring substituents is 1. The molecule has 0 heterocycles. The van der Waals surface area contributed by atoms with Gasteiger partial charge in [-0.25, -0.2) is 4.39 Å². The molecule has 0 saturated heterocycles. The number of aliphatic hydroxyl groups excluding tert-OH is 1. The second-order valence-corrected chi connectivity index (χ2v) is 4.12. The smallest absolute Gasteiger partial charge is 0.315 e. The van der Waals surface area contributed by atoms with E-state index in [1.54, 1.807) is 0 Å². The molecule has 0 unspecified atom stereocenters. The van der Waals surface area contributed by atoms with Crippen LogP contribution in [-0.4, -0.2) is 17.1 Å². The van der Waals surface area contributed by atoms with Gasteiger partial charge in [-0.15, -0.1) is 0 Å². The number of methoxy groups -OCH3 is 1. The highest BCUT2D eigenvalue weighted by Gasteiger charge is 2.18. The molecule has 1 N–H and O–H groups in total. The number of nitrogens with zero attached hydrogens (tertiary/aromatic N) is 1. The molecule has 2 rings (SSSR count). The first-order valence-corrected chi connectivity index (χ1v) is 5.94. The molecular weight excluding hydrogens is 281 g/mol. The normalized spacial score (nSPS) is 10.2. The summed E-state index contributed by atoms with van der Waals surface area (Å²) >= 11 is 0. The van der Waals surface area contributed by atoms with Crippen LogP contribution >= 0.6 is 0 Å². The first kappa shape index (κ1) is 14.7. The number of nitro groups is 1. The van der Waals surface area contributed by atoms with E-state index in [0.717, 1.165) is 6.07 Å². The molecular formula is C14H12FNO5. The lowest BCUT2D eigenvalue weighted by atomic mass is 10.2. The van der Waals surface area contributed by atoms with Crippen molar-refractivity contribution in [2.45, 2.75) is 6.61 Å². The quantitative estimate of drug-likeness (QED) is 0.677. The fourth-order valence-corrected chi connectivity index (χ4v) is 1.70. The van der Waals surface area contributed by atoms with Crippen molar-refractivity contribution in [3.63, 3.8) is 0 Å². The number of benzene rings is 2. The molecule has 0 aromatic heterocycles.